The first-order chi connectivity index (χ1) is 12.7. The summed E-state index contributed by atoms with van der Waals surface area (Å²) in [6.07, 6.45) is 6.43. The molecule has 4 aromatic rings. The van der Waals surface area contributed by atoms with Gasteiger partial charge in [0.25, 0.3) is 0 Å². The van der Waals surface area contributed by atoms with Crippen LogP contribution >= 0.6 is 0 Å². The van der Waals surface area contributed by atoms with E-state index < -0.39 is 5.91 Å². The van der Waals surface area contributed by atoms with Crippen molar-refractivity contribution < 1.29 is 4.79 Å². The van der Waals surface area contributed by atoms with Crippen LogP contribution < -0.4 is 5.73 Å². The first kappa shape index (κ1) is 16.3. The summed E-state index contributed by atoms with van der Waals surface area (Å²) in [7, 11) is 0. The van der Waals surface area contributed by atoms with Crippen molar-refractivity contribution >= 4 is 27.8 Å². The van der Waals surface area contributed by atoms with Gasteiger partial charge < -0.3 is 5.73 Å². The summed E-state index contributed by atoms with van der Waals surface area (Å²) in [5.41, 5.74) is 10.9. The second-order valence-corrected chi connectivity index (χ2v) is 6.39. The van der Waals surface area contributed by atoms with Crippen LogP contribution in [0.25, 0.3) is 27.6 Å². The van der Waals surface area contributed by atoms with Crippen LogP contribution in [-0.2, 0) is 6.42 Å². The van der Waals surface area contributed by atoms with E-state index in [9.17, 15) is 4.79 Å². The van der Waals surface area contributed by atoms with E-state index in [4.69, 9.17) is 5.73 Å². The molecule has 0 spiro atoms. The normalized spacial score (nSPS) is 11.3. The van der Waals surface area contributed by atoms with Crippen molar-refractivity contribution in [3.8, 4) is 5.69 Å². The topological polar surface area (TPSA) is 73.8 Å². The molecule has 0 radical (unpaired) electrons. The quantitative estimate of drug-likeness (QED) is 0.594. The lowest BCUT2D eigenvalue weighted by atomic mass is 9.99. The number of pyridine rings is 1. The highest BCUT2D eigenvalue weighted by atomic mass is 16.1. The van der Waals surface area contributed by atoms with Crippen LogP contribution in [-0.4, -0.2) is 20.4 Å². The van der Waals surface area contributed by atoms with Gasteiger partial charge in [-0.3, -0.25) is 14.3 Å². The fourth-order valence-electron chi connectivity index (χ4n) is 3.47. The Morgan fingerprint density at radius 3 is 2.73 bits per heavy atom. The summed E-state index contributed by atoms with van der Waals surface area (Å²) in [4.78, 5) is 21.0. The van der Waals surface area contributed by atoms with Gasteiger partial charge >= 0.3 is 0 Å². The Kier molecular flexibility index (Phi) is 4.13. The van der Waals surface area contributed by atoms with Crippen molar-refractivity contribution in [1.29, 1.82) is 0 Å². The Morgan fingerprint density at radius 1 is 1.08 bits per heavy atom. The molecule has 0 atom stereocenters. The maximum absolute atomic E-state index is 12.0. The zero-order valence-corrected chi connectivity index (χ0v) is 14.6. The van der Waals surface area contributed by atoms with Crippen LogP contribution in [0.3, 0.4) is 0 Å². The predicted molar refractivity (Wildman–Crippen MR) is 104 cm³/mol. The smallest absolute Gasteiger partial charge is 0.249 e. The number of benzene rings is 2. The number of amides is 1. The molecule has 5 nitrogen and oxygen atoms in total. The van der Waals surface area contributed by atoms with Crippen LogP contribution in [0.1, 0.15) is 35.7 Å². The third-order valence-electron chi connectivity index (χ3n) is 4.74. The molecule has 0 saturated carbocycles. The van der Waals surface area contributed by atoms with E-state index in [1.54, 1.807) is 18.6 Å². The number of fused-ring (bicyclic) bond motifs is 3. The van der Waals surface area contributed by atoms with Gasteiger partial charge in [0.2, 0.25) is 5.91 Å². The summed E-state index contributed by atoms with van der Waals surface area (Å²) in [6.45, 7) is 2.14. The van der Waals surface area contributed by atoms with E-state index >= 15 is 0 Å². The highest BCUT2D eigenvalue weighted by molar-refractivity contribution is 6.03. The van der Waals surface area contributed by atoms with E-state index in [0.29, 0.717) is 5.56 Å². The number of imidazole rings is 1. The van der Waals surface area contributed by atoms with Crippen LogP contribution in [0.4, 0.5) is 0 Å². The number of nitrogens with zero attached hydrogens (tertiary/aromatic N) is 3. The van der Waals surface area contributed by atoms with Gasteiger partial charge in [-0.1, -0.05) is 37.6 Å². The van der Waals surface area contributed by atoms with E-state index in [-0.39, 0.29) is 0 Å². The number of unbranched alkanes of at least 4 members (excludes halogenated alkanes) is 1. The summed E-state index contributed by atoms with van der Waals surface area (Å²) in [6, 6.07) is 13.7. The maximum Gasteiger partial charge on any atom is 0.249 e. The molecule has 1 amide bonds. The summed E-state index contributed by atoms with van der Waals surface area (Å²) < 4.78 is 2.05. The molecule has 2 aromatic carbocycles. The minimum atomic E-state index is -0.395. The van der Waals surface area contributed by atoms with Crippen LogP contribution in [0, 0.1) is 0 Å². The number of aromatic nitrogens is 3. The molecule has 0 fully saturated rings. The van der Waals surface area contributed by atoms with Gasteiger partial charge in [-0.05, 0) is 36.6 Å². The minimum Gasteiger partial charge on any atom is -0.366 e. The zero-order chi connectivity index (χ0) is 18.1. The maximum atomic E-state index is 12.0. The molecular weight excluding hydrogens is 324 g/mol. The fourth-order valence-corrected chi connectivity index (χ4v) is 3.47. The monoisotopic (exact) mass is 344 g/mol. The molecule has 0 saturated heterocycles. The summed E-state index contributed by atoms with van der Waals surface area (Å²) >= 11 is 0. The highest BCUT2D eigenvalue weighted by Crippen LogP contribution is 2.29. The first-order valence-corrected chi connectivity index (χ1v) is 8.83. The van der Waals surface area contributed by atoms with Gasteiger partial charge in [0.1, 0.15) is 11.8 Å². The molecule has 0 bridgehead atoms. The second kappa shape index (κ2) is 6.59. The molecular formula is C21H20N4O. The minimum absolute atomic E-state index is 0.395. The van der Waals surface area contributed by atoms with Crippen molar-refractivity contribution in [2.75, 3.05) is 0 Å². The van der Waals surface area contributed by atoms with Gasteiger partial charge in [-0.2, -0.15) is 0 Å². The molecule has 2 aromatic heterocycles. The number of nitrogens with two attached hydrogens (primary N) is 1. The number of para-hydroxylation sites is 1. The van der Waals surface area contributed by atoms with Gasteiger partial charge in [0.05, 0.1) is 22.9 Å². The third-order valence-corrected chi connectivity index (χ3v) is 4.74. The fraction of sp³-hybridized carbons (Fsp3) is 0.190. The Balaban J connectivity index is 2.03. The van der Waals surface area contributed by atoms with E-state index in [0.717, 1.165) is 52.4 Å². The third kappa shape index (κ3) is 2.62. The lowest BCUT2D eigenvalue weighted by molar-refractivity contribution is 0.0999. The van der Waals surface area contributed by atoms with E-state index in [1.807, 2.05) is 36.4 Å². The lowest BCUT2D eigenvalue weighted by Gasteiger charge is -2.15. The molecule has 0 aliphatic carbocycles. The van der Waals surface area contributed by atoms with Crippen LogP contribution in [0.2, 0.25) is 0 Å². The second-order valence-electron chi connectivity index (χ2n) is 6.39. The average Bonchev–Trinajstić information content (AvgIpc) is 3.10. The van der Waals surface area contributed by atoms with Crippen LogP contribution in [0.5, 0.6) is 0 Å². The predicted octanol–water partition coefficient (Wildman–Crippen LogP) is 4.02. The summed E-state index contributed by atoms with van der Waals surface area (Å²) in [5.74, 6) is -0.395. The van der Waals surface area contributed by atoms with Crippen molar-refractivity contribution in [3.63, 3.8) is 0 Å². The zero-order valence-electron chi connectivity index (χ0n) is 14.6. The Bertz CT molecular complexity index is 1110. The Hall–Kier alpha value is -3.21. The first-order valence-electron chi connectivity index (χ1n) is 8.83. The number of hydrogen-bond acceptors (Lipinski definition) is 3. The standard InChI is InChI=1S/C21H20N4O/c1-2-3-7-14-15(21(22)26)9-6-11-19(14)25-13-24-18-12-23-17-10-5-4-8-16(17)20(18)25/h4-6,8-13H,2-3,7H2,1H3,(H2,22,26). The number of carbonyl (C=O) groups is 1. The van der Waals surface area contributed by atoms with Crippen molar-refractivity contribution in [1.82, 2.24) is 14.5 Å². The van der Waals surface area contributed by atoms with Gasteiger partial charge in [0, 0.05) is 10.9 Å². The molecule has 4 rings (SSSR count). The number of rotatable bonds is 5. The van der Waals surface area contributed by atoms with Crippen LogP contribution in [0.15, 0.2) is 55.0 Å². The number of hydrogen-bond donors (Lipinski definition) is 1. The largest absolute Gasteiger partial charge is 0.366 e. The van der Waals surface area contributed by atoms with E-state index in [1.165, 1.54) is 0 Å². The Morgan fingerprint density at radius 2 is 1.92 bits per heavy atom. The molecule has 2 heterocycles. The van der Waals surface area contributed by atoms with Crippen molar-refractivity contribution in [2.45, 2.75) is 26.2 Å². The molecule has 130 valence electrons. The molecule has 5 heteroatoms. The lowest BCUT2D eigenvalue weighted by Crippen LogP contribution is -2.15. The van der Waals surface area contributed by atoms with Gasteiger partial charge in [0.15, 0.2) is 0 Å². The molecule has 26 heavy (non-hydrogen) atoms. The van der Waals surface area contributed by atoms with Crippen molar-refractivity contribution in [3.05, 3.63) is 66.1 Å². The molecule has 0 unspecified atom stereocenters. The number of primary amides is 1. The van der Waals surface area contributed by atoms with Crippen molar-refractivity contribution in [2.24, 2.45) is 5.73 Å². The molecule has 2 N–H and O–H groups in total. The van der Waals surface area contributed by atoms with Gasteiger partial charge in [-0.15, -0.1) is 0 Å². The highest BCUT2D eigenvalue weighted by Gasteiger charge is 2.16. The molecule has 0 aliphatic rings. The van der Waals surface area contributed by atoms with Gasteiger partial charge in [-0.25, -0.2) is 4.98 Å². The van der Waals surface area contributed by atoms with E-state index in [2.05, 4.69) is 21.5 Å². The summed E-state index contributed by atoms with van der Waals surface area (Å²) in [5, 5.41) is 1.04. The Labute approximate surface area is 151 Å². The molecule has 0 aliphatic heterocycles. The SMILES string of the molecule is CCCCc1c(C(N)=O)cccc1-n1cnc2cnc3ccccc3c21. The average molecular weight is 344 g/mol. The number of carbonyl (C=O) groups excluding carboxylic acids is 1.